The predicted molar refractivity (Wildman–Crippen MR) is 171 cm³/mol. The van der Waals surface area contributed by atoms with Crippen LogP contribution < -0.4 is 19.1 Å². The van der Waals surface area contributed by atoms with E-state index in [9.17, 15) is 18.0 Å². The molecule has 4 rings (SSSR count). The Kier molecular flexibility index (Phi) is 11.7. The van der Waals surface area contributed by atoms with Gasteiger partial charge in [0.2, 0.25) is 11.8 Å². The van der Waals surface area contributed by atoms with Crippen LogP contribution in [0, 0.1) is 0 Å². The number of methoxy groups -OCH3 is 2. The Hall–Kier alpha value is -4.05. The minimum atomic E-state index is -4.23. The molecule has 0 spiro atoms. The van der Waals surface area contributed by atoms with Gasteiger partial charge in [-0.2, -0.15) is 0 Å². The molecule has 1 fully saturated rings. The Morgan fingerprint density at radius 3 is 2.14 bits per heavy atom. The highest BCUT2D eigenvalue weighted by molar-refractivity contribution is 7.92. The summed E-state index contributed by atoms with van der Waals surface area (Å²) in [7, 11) is -1.33. The summed E-state index contributed by atoms with van der Waals surface area (Å²) in [6.07, 6.45) is 6.06. The predicted octanol–water partition coefficient (Wildman–Crippen LogP) is 5.20. The number of rotatable bonds is 14. The van der Waals surface area contributed by atoms with E-state index in [-0.39, 0.29) is 29.1 Å². The first kappa shape index (κ1) is 32.9. The maximum Gasteiger partial charge on any atom is 0.264 e. The fraction of sp³-hybridized carbons (Fsp3) is 0.412. The van der Waals surface area contributed by atoms with Crippen molar-refractivity contribution in [2.45, 2.75) is 68.8 Å². The zero-order valence-corrected chi connectivity index (χ0v) is 26.6. The third-order valence-corrected chi connectivity index (χ3v) is 9.86. The fourth-order valence-electron chi connectivity index (χ4n) is 5.67. The van der Waals surface area contributed by atoms with Gasteiger partial charge in [0, 0.05) is 18.7 Å². The second kappa shape index (κ2) is 15.6. The van der Waals surface area contributed by atoms with Crippen molar-refractivity contribution in [1.82, 2.24) is 10.2 Å². The highest BCUT2D eigenvalue weighted by Gasteiger charge is 2.34. The molecule has 9 nitrogen and oxygen atoms in total. The Morgan fingerprint density at radius 1 is 0.886 bits per heavy atom. The van der Waals surface area contributed by atoms with Gasteiger partial charge < -0.3 is 19.7 Å². The lowest BCUT2D eigenvalue weighted by Crippen LogP contribution is -2.54. The number of nitrogens with one attached hydrogen (secondary N) is 1. The van der Waals surface area contributed by atoms with Gasteiger partial charge in [0.25, 0.3) is 10.0 Å². The number of carbonyl (C=O) groups excluding carboxylic acids is 2. The summed E-state index contributed by atoms with van der Waals surface area (Å²) in [5.41, 5.74) is 1.35. The van der Waals surface area contributed by atoms with E-state index >= 15 is 0 Å². The minimum absolute atomic E-state index is 0.0512. The molecule has 1 aliphatic carbocycles. The molecule has 0 saturated heterocycles. The number of ether oxygens (including phenoxy) is 2. The molecule has 0 heterocycles. The molecule has 236 valence electrons. The smallest absolute Gasteiger partial charge is 0.264 e. The van der Waals surface area contributed by atoms with Gasteiger partial charge in [-0.3, -0.25) is 13.9 Å². The molecule has 0 radical (unpaired) electrons. The number of nitrogens with zero attached hydrogens (tertiary/aromatic N) is 2. The molecule has 10 heteroatoms. The van der Waals surface area contributed by atoms with Crippen molar-refractivity contribution in [3.8, 4) is 11.5 Å². The lowest BCUT2D eigenvalue weighted by Gasteiger charge is -2.34. The van der Waals surface area contributed by atoms with Crippen molar-refractivity contribution < 1.29 is 27.5 Å². The van der Waals surface area contributed by atoms with E-state index in [1.165, 1.54) is 32.4 Å². The molecule has 1 N–H and O–H groups in total. The van der Waals surface area contributed by atoms with Crippen LogP contribution in [0.3, 0.4) is 0 Å². The molecule has 1 aliphatic rings. The van der Waals surface area contributed by atoms with Crippen LogP contribution in [0.2, 0.25) is 0 Å². The average molecular weight is 622 g/mol. The van der Waals surface area contributed by atoms with Gasteiger partial charge in [0.05, 0.1) is 24.8 Å². The Labute approximate surface area is 261 Å². The molecule has 1 unspecified atom stereocenters. The maximum atomic E-state index is 14.2. The zero-order chi connectivity index (χ0) is 31.5. The maximum absolute atomic E-state index is 14.2. The van der Waals surface area contributed by atoms with Crippen molar-refractivity contribution in [2.24, 2.45) is 0 Å². The van der Waals surface area contributed by atoms with Crippen molar-refractivity contribution in [3.63, 3.8) is 0 Å². The summed E-state index contributed by atoms with van der Waals surface area (Å²) in [5.74, 6) is -0.0206. The third kappa shape index (κ3) is 8.11. The van der Waals surface area contributed by atoms with E-state index in [2.05, 4.69) is 5.32 Å². The highest BCUT2D eigenvalue weighted by atomic mass is 32.2. The van der Waals surface area contributed by atoms with Crippen LogP contribution in [0.5, 0.6) is 11.5 Å². The number of para-hydroxylation sites is 1. The molecule has 3 aromatic carbocycles. The molecule has 1 saturated carbocycles. The molecule has 0 aromatic heterocycles. The molecule has 2 amide bonds. The second-order valence-electron chi connectivity index (χ2n) is 11.0. The zero-order valence-electron chi connectivity index (χ0n) is 25.8. The second-order valence-corrected chi connectivity index (χ2v) is 12.8. The SMILES string of the molecule is CCC(C(=O)NC1CCCCC1)N(CCc1ccccc1)C(=O)CN(c1ccccc1)S(=O)(=O)c1ccc(OC)c(OC)c1. The normalized spacial score (nSPS) is 14.3. The van der Waals surface area contributed by atoms with Crippen LogP contribution in [0.25, 0.3) is 0 Å². The lowest BCUT2D eigenvalue weighted by atomic mass is 9.95. The van der Waals surface area contributed by atoms with Crippen molar-refractivity contribution in [3.05, 3.63) is 84.4 Å². The minimum Gasteiger partial charge on any atom is -0.493 e. The van der Waals surface area contributed by atoms with Gasteiger partial charge >= 0.3 is 0 Å². The molecule has 0 bridgehead atoms. The summed E-state index contributed by atoms with van der Waals surface area (Å²) < 4.78 is 40.1. The summed E-state index contributed by atoms with van der Waals surface area (Å²) in [5, 5.41) is 3.18. The van der Waals surface area contributed by atoms with Crippen LogP contribution in [-0.2, 0) is 26.0 Å². The Bertz CT molecular complexity index is 1480. The van der Waals surface area contributed by atoms with Crippen molar-refractivity contribution >= 4 is 27.5 Å². The van der Waals surface area contributed by atoms with Crippen LogP contribution in [0.4, 0.5) is 5.69 Å². The summed E-state index contributed by atoms with van der Waals surface area (Å²) >= 11 is 0. The van der Waals surface area contributed by atoms with Gasteiger partial charge in [-0.25, -0.2) is 8.42 Å². The monoisotopic (exact) mass is 621 g/mol. The van der Waals surface area contributed by atoms with Crippen molar-refractivity contribution in [2.75, 3.05) is 31.6 Å². The lowest BCUT2D eigenvalue weighted by molar-refractivity contribution is -0.140. The number of benzene rings is 3. The number of anilines is 1. The topological polar surface area (TPSA) is 105 Å². The Morgan fingerprint density at radius 2 is 1.52 bits per heavy atom. The van der Waals surface area contributed by atoms with Gasteiger partial charge in [0.15, 0.2) is 11.5 Å². The van der Waals surface area contributed by atoms with Crippen LogP contribution in [0.15, 0.2) is 83.8 Å². The number of amides is 2. The van der Waals surface area contributed by atoms with E-state index in [0.29, 0.717) is 24.3 Å². The number of carbonyl (C=O) groups is 2. The number of sulfonamides is 1. The standard InChI is InChI=1S/C34H43N3O6S/c1-4-30(34(39)35-27-16-10-6-11-17-27)36(23-22-26-14-8-5-9-15-26)33(38)25-37(28-18-12-7-13-19-28)44(40,41)29-20-21-31(42-2)32(24-29)43-3/h5,7-9,12-15,18-21,24,27,30H,4,6,10-11,16-17,22-23,25H2,1-3H3,(H,35,39). The quantitative estimate of drug-likeness (QED) is 0.265. The van der Waals surface area contributed by atoms with Crippen LogP contribution in [-0.4, -0.2) is 64.5 Å². The van der Waals surface area contributed by atoms with Gasteiger partial charge in [-0.05, 0) is 55.5 Å². The number of hydrogen-bond acceptors (Lipinski definition) is 6. The number of hydrogen-bond donors (Lipinski definition) is 1. The van der Waals surface area contributed by atoms with E-state index < -0.39 is 28.5 Å². The molecule has 3 aromatic rings. The van der Waals surface area contributed by atoms with E-state index in [1.54, 1.807) is 35.2 Å². The molecule has 0 aliphatic heterocycles. The average Bonchev–Trinajstić information content (AvgIpc) is 3.06. The highest BCUT2D eigenvalue weighted by Crippen LogP contribution is 2.32. The molecular weight excluding hydrogens is 578 g/mol. The summed E-state index contributed by atoms with van der Waals surface area (Å²) in [6, 6.07) is 21.9. The van der Waals surface area contributed by atoms with E-state index in [4.69, 9.17) is 9.47 Å². The van der Waals surface area contributed by atoms with Crippen molar-refractivity contribution in [1.29, 1.82) is 0 Å². The molecule has 1 atom stereocenters. The Balaban J connectivity index is 1.67. The fourth-order valence-corrected chi connectivity index (χ4v) is 7.10. The first-order valence-electron chi connectivity index (χ1n) is 15.2. The first-order chi connectivity index (χ1) is 21.3. The van der Waals surface area contributed by atoms with Gasteiger partial charge in [0.1, 0.15) is 12.6 Å². The largest absolute Gasteiger partial charge is 0.493 e. The summed E-state index contributed by atoms with van der Waals surface area (Å²) in [6.45, 7) is 1.66. The first-order valence-corrected chi connectivity index (χ1v) is 16.7. The van der Waals surface area contributed by atoms with Crippen LogP contribution >= 0.6 is 0 Å². The van der Waals surface area contributed by atoms with E-state index in [1.807, 2.05) is 37.3 Å². The molecule has 44 heavy (non-hydrogen) atoms. The molecular formula is C34H43N3O6S. The van der Waals surface area contributed by atoms with E-state index in [0.717, 1.165) is 42.0 Å². The summed E-state index contributed by atoms with van der Waals surface area (Å²) in [4.78, 5) is 29.4. The van der Waals surface area contributed by atoms with Gasteiger partial charge in [-0.1, -0.05) is 74.7 Å². The third-order valence-electron chi connectivity index (χ3n) is 8.09. The van der Waals surface area contributed by atoms with Crippen LogP contribution in [0.1, 0.15) is 51.0 Å². The van der Waals surface area contributed by atoms with Gasteiger partial charge in [-0.15, -0.1) is 0 Å².